The van der Waals surface area contributed by atoms with Gasteiger partial charge in [-0.05, 0) is 19.3 Å². The summed E-state index contributed by atoms with van der Waals surface area (Å²) >= 11 is 0. The van der Waals surface area contributed by atoms with Crippen molar-refractivity contribution >= 4 is 5.91 Å². The van der Waals surface area contributed by atoms with Gasteiger partial charge in [0.25, 0.3) is 0 Å². The summed E-state index contributed by atoms with van der Waals surface area (Å²) in [5.74, 6) is -0.236. The van der Waals surface area contributed by atoms with Crippen molar-refractivity contribution in [2.75, 3.05) is 19.8 Å². The Morgan fingerprint density at radius 1 is 0.449 bits per heavy atom. The molecule has 0 aliphatic carbocycles. The molecule has 0 aromatic heterocycles. The fraction of sp³-hybridized carbons (Fsp3) is 0.953. The second-order valence-electron chi connectivity index (χ2n) is 23.6. The van der Waals surface area contributed by atoms with Gasteiger partial charge >= 0.3 is 0 Å². The third-order valence-electron chi connectivity index (χ3n) is 16.5. The molecule has 2 heterocycles. The number of hydrogen-bond acceptors (Lipinski definition) is 13. The molecule has 78 heavy (non-hydrogen) atoms. The Hall–Kier alpha value is -1.27. The van der Waals surface area contributed by atoms with Crippen molar-refractivity contribution < 1.29 is 64.6 Å². The minimum atomic E-state index is -1.78. The number of aliphatic hydroxyl groups is 8. The summed E-state index contributed by atoms with van der Waals surface area (Å²) in [5, 5.41) is 86.9. The molecule has 12 atom stereocenters. The fourth-order valence-electron chi connectivity index (χ4n) is 11.2. The van der Waals surface area contributed by atoms with Crippen molar-refractivity contribution in [2.24, 2.45) is 0 Å². The summed E-state index contributed by atoms with van der Waals surface area (Å²) in [6.45, 7) is 2.79. The first-order valence-electron chi connectivity index (χ1n) is 32.9. The second kappa shape index (κ2) is 50.3. The van der Waals surface area contributed by atoms with Gasteiger partial charge in [-0.3, -0.25) is 4.79 Å². The van der Waals surface area contributed by atoms with Crippen molar-refractivity contribution in [1.82, 2.24) is 5.32 Å². The number of rotatable bonds is 54. The number of allylic oxidation sites excluding steroid dienone is 1. The Bertz CT molecular complexity index is 1360. The van der Waals surface area contributed by atoms with Gasteiger partial charge < -0.3 is 65.1 Å². The van der Waals surface area contributed by atoms with Crippen LogP contribution in [0.25, 0.3) is 0 Å². The molecule has 12 unspecified atom stereocenters. The number of amides is 1. The molecule has 462 valence electrons. The third-order valence-corrected chi connectivity index (χ3v) is 16.5. The van der Waals surface area contributed by atoms with Crippen LogP contribution < -0.4 is 5.32 Å². The summed E-state index contributed by atoms with van der Waals surface area (Å²) in [7, 11) is 0. The number of carbonyl (C=O) groups is 1. The van der Waals surface area contributed by atoms with E-state index in [4.69, 9.17) is 18.9 Å². The van der Waals surface area contributed by atoms with Gasteiger partial charge in [-0.25, -0.2) is 0 Å². The summed E-state index contributed by atoms with van der Waals surface area (Å²) < 4.78 is 22.7. The molecule has 0 aromatic carbocycles. The molecule has 2 saturated heterocycles. The van der Waals surface area contributed by atoms with E-state index in [0.717, 1.165) is 38.5 Å². The highest BCUT2D eigenvalue weighted by Gasteiger charge is 2.51. The molecule has 14 heteroatoms. The molecule has 0 radical (unpaired) electrons. The van der Waals surface area contributed by atoms with E-state index in [2.05, 4.69) is 19.2 Å². The molecule has 2 aliphatic rings. The van der Waals surface area contributed by atoms with Crippen molar-refractivity contribution in [3.05, 3.63) is 12.2 Å². The van der Waals surface area contributed by atoms with Gasteiger partial charge in [-0.2, -0.15) is 0 Å². The molecule has 0 aromatic rings. The van der Waals surface area contributed by atoms with Crippen LogP contribution in [0.3, 0.4) is 0 Å². The molecule has 9 N–H and O–H groups in total. The van der Waals surface area contributed by atoms with Crippen LogP contribution in [0.1, 0.15) is 296 Å². The van der Waals surface area contributed by atoms with E-state index in [1.165, 1.54) is 231 Å². The van der Waals surface area contributed by atoms with Crippen LogP contribution in [0.5, 0.6) is 0 Å². The quantitative estimate of drug-likeness (QED) is 0.0204. The predicted octanol–water partition coefficient (Wildman–Crippen LogP) is 12.2. The minimum Gasteiger partial charge on any atom is -0.394 e. The van der Waals surface area contributed by atoms with Crippen LogP contribution >= 0.6 is 0 Å². The molecule has 2 rings (SSSR count). The second-order valence-corrected chi connectivity index (χ2v) is 23.6. The summed E-state index contributed by atoms with van der Waals surface area (Å²) in [6.07, 6.45) is 43.2. The summed E-state index contributed by atoms with van der Waals surface area (Å²) in [5.41, 5.74) is 0. The Labute approximate surface area is 476 Å². The minimum absolute atomic E-state index is 0.236. The third kappa shape index (κ3) is 35.0. The zero-order valence-corrected chi connectivity index (χ0v) is 49.9. The maximum absolute atomic E-state index is 13.2. The van der Waals surface area contributed by atoms with Crippen LogP contribution in [0, 0.1) is 0 Å². The molecular formula is C64H123NO13. The predicted molar refractivity (Wildman–Crippen MR) is 314 cm³/mol. The van der Waals surface area contributed by atoms with E-state index in [1.54, 1.807) is 6.08 Å². The highest BCUT2D eigenvalue weighted by atomic mass is 16.7. The summed E-state index contributed by atoms with van der Waals surface area (Å²) in [6, 6.07) is -0.908. The maximum atomic E-state index is 13.2. The molecule has 0 saturated carbocycles. The van der Waals surface area contributed by atoms with E-state index in [-0.39, 0.29) is 18.9 Å². The standard InChI is InChI=1S/C64H123NO13/c1-3-5-7-9-11-13-14-15-16-17-18-19-20-21-22-23-24-25-26-27-28-29-30-31-32-33-34-35-36-37-38-40-42-44-46-48-56(69)65-52(53(68)47-45-43-41-39-12-10-8-6-4-2)51-75-63-61(74)59(72)62(55(50-67)77-63)78-64-60(73)58(71)57(70)54(49-66)76-64/h45,47,52-55,57-64,66-68,70-74H,3-44,46,48-51H2,1-2H3,(H,65,69)/b47-45+. The van der Waals surface area contributed by atoms with Crippen LogP contribution in [-0.4, -0.2) is 140 Å². The highest BCUT2D eigenvalue weighted by Crippen LogP contribution is 2.30. The lowest BCUT2D eigenvalue weighted by molar-refractivity contribution is -0.359. The maximum Gasteiger partial charge on any atom is 0.220 e. The lowest BCUT2D eigenvalue weighted by Gasteiger charge is -2.46. The fourth-order valence-corrected chi connectivity index (χ4v) is 11.2. The number of ether oxygens (including phenoxy) is 4. The van der Waals surface area contributed by atoms with Crippen molar-refractivity contribution in [3.63, 3.8) is 0 Å². The summed E-state index contributed by atoms with van der Waals surface area (Å²) in [4.78, 5) is 13.2. The van der Waals surface area contributed by atoms with Crippen LogP contribution in [-0.2, 0) is 23.7 Å². The van der Waals surface area contributed by atoms with Crippen molar-refractivity contribution in [1.29, 1.82) is 0 Å². The van der Waals surface area contributed by atoms with E-state index < -0.39 is 86.8 Å². The number of nitrogens with one attached hydrogen (secondary N) is 1. The topological polar surface area (TPSA) is 228 Å². The number of hydrogen-bond donors (Lipinski definition) is 9. The van der Waals surface area contributed by atoms with E-state index in [1.807, 2.05) is 6.08 Å². The molecular weight excluding hydrogens is 991 g/mol. The van der Waals surface area contributed by atoms with Crippen LogP contribution in [0.15, 0.2) is 12.2 Å². The molecule has 2 aliphatic heterocycles. The van der Waals surface area contributed by atoms with Gasteiger partial charge in [0.1, 0.15) is 48.8 Å². The average Bonchev–Trinajstić information content (AvgIpc) is 3.47. The first-order valence-corrected chi connectivity index (χ1v) is 32.9. The van der Waals surface area contributed by atoms with Crippen LogP contribution in [0.2, 0.25) is 0 Å². The molecule has 0 bridgehead atoms. The first kappa shape index (κ1) is 72.8. The average molecular weight is 1110 g/mol. The largest absolute Gasteiger partial charge is 0.394 e. The smallest absolute Gasteiger partial charge is 0.220 e. The molecule has 2 fully saturated rings. The van der Waals surface area contributed by atoms with Crippen molar-refractivity contribution in [2.45, 2.75) is 370 Å². The number of aliphatic hydroxyl groups excluding tert-OH is 8. The monoisotopic (exact) mass is 1110 g/mol. The molecule has 0 spiro atoms. The Morgan fingerprint density at radius 3 is 1.18 bits per heavy atom. The van der Waals surface area contributed by atoms with Gasteiger partial charge in [0, 0.05) is 6.42 Å². The Morgan fingerprint density at radius 2 is 0.795 bits per heavy atom. The normalized spacial score (nSPS) is 24.5. The molecule has 14 nitrogen and oxygen atoms in total. The van der Waals surface area contributed by atoms with Gasteiger partial charge in [0.2, 0.25) is 5.91 Å². The van der Waals surface area contributed by atoms with Gasteiger partial charge in [-0.1, -0.05) is 283 Å². The van der Waals surface area contributed by atoms with Crippen molar-refractivity contribution in [3.8, 4) is 0 Å². The number of unbranched alkanes of at least 4 members (excludes halogenated alkanes) is 41. The van der Waals surface area contributed by atoms with E-state index in [9.17, 15) is 45.6 Å². The first-order chi connectivity index (χ1) is 38.1. The zero-order chi connectivity index (χ0) is 56.7. The zero-order valence-electron chi connectivity index (χ0n) is 49.9. The van der Waals surface area contributed by atoms with Crippen LogP contribution in [0.4, 0.5) is 0 Å². The van der Waals surface area contributed by atoms with E-state index in [0.29, 0.717) is 6.42 Å². The van der Waals surface area contributed by atoms with E-state index >= 15 is 0 Å². The number of carbonyl (C=O) groups excluding carboxylic acids is 1. The highest BCUT2D eigenvalue weighted by molar-refractivity contribution is 5.76. The van der Waals surface area contributed by atoms with Gasteiger partial charge in [0.05, 0.1) is 32.0 Å². The Kier molecular flexibility index (Phi) is 46.9. The van der Waals surface area contributed by atoms with Gasteiger partial charge in [0.15, 0.2) is 12.6 Å². The Balaban J connectivity index is 1.54. The molecule has 1 amide bonds. The SMILES string of the molecule is CCCCCCCCC/C=C/C(O)C(COC1OC(CO)C(OC2OC(CO)C(O)C(O)C2O)C(O)C1O)NC(=O)CCCCCCCCCCCCCCCCCCCCCCCCCCCCCCCCCCCCC. The lowest BCUT2D eigenvalue weighted by atomic mass is 9.97. The van der Waals surface area contributed by atoms with Gasteiger partial charge in [-0.15, -0.1) is 0 Å². The lowest BCUT2D eigenvalue weighted by Crippen LogP contribution is -2.65.